The maximum absolute atomic E-state index is 11.0. The van der Waals surface area contributed by atoms with Gasteiger partial charge in [-0.05, 0) is 41.5 Å². The average Bonchev–Trinajstić information content (AvgIpc) is 3.59. The Morgan fingerprint density at radius 1 is 0.457 bits per heavy atom. The molecule has 0 aliphatic carbocycles. The van der Waals surface area contributed by atoms with E-state index >= 15 is 0 Å². The van der Waals surface area contributed by atoms with Crippen molar-refractivity contribution in [3.63, 3.8) is 0 Å². The molecular weight excluding hydrogens is 656 g/mol. The zero-order valence-corrected chi connectivity index (χ0v) is 33.4. The SMILES string of the molecule is C[Si](C)=[Zr+2].Cc1cc2c(C)ccc(C)c2[cH-]1.Cc1cc2c(C)ccc(C)c2[cH-]1.Cc1cccc(C)c1[O-].Cc1cccc(C)c1[O-]. The number of fused-ring (bicyclic) bond motifs is 2. The minimum atomic E-state index is 0.164. The van der Waals surface area contributed by atoms with Crippen LogP contribution in [0.25, 0.3) is 21.5 Å². The first kappa shape index (κ1) is 39.0. The molecule has 0 aromatic heterocycles. The largest absolute Gasteiger partial charge is 0.872 e. The van der Waals surface area contributed by atoms with Crippen molar-refractivity contribution in [3.8, 4) is 11.5 Å². The van der Waals surface area contributed by atoms with Crippen LogP contribution in [0, 0.1) is 69.2 Å². The number of benzene rings is 4. The molecule has 0 atom stereocenters. The van der Waals surface area contributed by atoms with Crippen LogP contribution in [0.2, 0.25) is 13.1 Å². The smallest absolute Gasteiger partial charge is 0.0404 e. The first-order valence-electron chi connectivity index (χ1n) is 15.8. The minimum Gasteiger partial charge on any atom is -0.872 e. The molecule has 0 aliphatic rings. The van der Waals surface area contributed by atoms with Gasteiger partial charge >= 0.3 is 41.9 Å². The molecule has 4 heteroatoms. The van der Waals surface area contributed by atoms with Gasteiger partial charge in [-0.25, -0.2) is 0 Å². The van der Waals surface area contributed by atoms with Crippen LogP contribution in [0.4, 0.5) is 0 Å². The van der Waals surface area contributed by atoms with Crippen molar-refractivity contribution in [1.29, 1.82) is 0 Å². The zero-order valence-electron chi connectivity index (χ0n) is 29.9. The van der Waals surface area contributed by atoms with Crippen molar-refractivity contribution >= 4 is 27.0 Å². The van der Waals surface area contributed by atoms with Gasteiger partial charge in [0.15, 0.2) is 0 Å². The molecule has 0 unspecified atom stereocenters. The summed E-state index contributed by atoms with van der Waals surface area (Å²) in [6.07, 6.45) is 0. The van der Waals surface area contributed by atoms with Crippen LogP contribution < -0.4 is 10.2 Å². The van der Waals surface area contributed by atoms with Gasteiger partial charge in [-0.1, -0.05) is 110 Å². The van der Waals surface area contributed by atoms with Gasteiger partial charge in [-0.2, -0.15) is 12.1 Å². The first-order chi connectivity index (χ1) is 21.5. The van der Waals surface area contributed by atoms with Crippen LogP contribution in [0.15, 0.2) is 84.9 Å². The second kappa shape index (κ2) is 18.2. The molecule has 0 spiro atoms. The molecule has 240 valence electrons. The van der Waals surface area contributed by atoms with Gasteiger partial charge in [0, 0.05) is 0 Å². The summed E-state index contributed by atoms with van der Waals surface area (Å²) in [7, 11) is 0. The average molecular weight is 706 g/mol. The summed E-state index contributed by atoms with van der Waals surface area (Å²) in [5, 5.41) is 27.6. The molecule has 0 aliphatic heterocycles. The fourth-order valence-electron chi connectivity index (χ4n) is 5.07. The van der Waals surface area contributed by atoms with Crippen LogP contribution in [0.3, 0.4) is 0 Å². The van der Waals surface area contributed by atoms with Crippen molar-refractivity contribution in [2.24, 2.45) is 0 Å². The number of rotatable bonds is 0. The van der Waals surface area contributed by atoms with Gasteiger partial charge < -0.3 is 10.2 Å². The summed E-state index contributed by atoms with van der Waals surface area (Å²) < 4.78 is 0. The van der Waals surface area contributed by atoms with Crippen molar-refractivity contribution in [2.45, 2.75) is 82.3 Å². The van der Waals surface area contributed by atoms with E-state index in [2.05, 4.69) is 103 Å². The van der Waals surface area contributed by atoms with Crippen molar-refractivity contribution in [2.75, 3.05) is 0 Å². The van der Waals surface area contributed by atoms with Gasteiger partial charge in [-0.15, -0.1) is 79.6 Å². The van der Waals surface area contributed by atoms with E-state index in [1.807, 2.05) is 64.1 Å². The second-order valence-corrected chi connectivity index (χ2v) is 21.9. The van der Waals surface area contributed by atoms with Crippen LogP contribution in [-0.2, 0) is 23.3 Å². The van der Waals surface area contributed by atoms with Crippen LogP contribution >= 0.6 is 0 Å². The first-order valence-corrected chi connectivity index (χ1v) is 22.0. The summed E-state index contributed by atoms with van der Waals surface area (Å²) in [5.74, 6) is 0.329. The van der Waals surface area contributed by atoms with E-state index in [4.69, 9.17) is 0 Å². The Morgan fingerprint density at radius 2 is 0.717 bits per heavy atom. The van der Waals surface area contributed by atoms with Crippen molar-refractivity contribution in [3.05, 3.63) is 141 Å². The Hall–Kier alpha value is -3.20. The maximum atomic E-state index is 11.0. The molecule has 0 heterocycles. The fourth-order valence-corrected chi connectivity index (χ4v) is 5.07. The summed E-state index contributed by atoms with van der Waals surface area (Å²) in [6.45, 7) is 24.9. The molecule has 46 heavy (non-hydrogen) atoms. The Kier molecular flexibility index (Phi) is 15.4. The van der Waals surface area contributed by atoms with E-state index in [9.17, 15) is 10.2 Å². The standard InChI is InChI=1S/2C12H13.2C8H10O.C2H6Si.Zr/c2*1-8-6-11-9(2)4-5-10(3)12(11)7-8;2*1-6-4-3-5-7(2)8(6)9;1-3-2;/h2*4-7H,1-3H3;2*3-5,9H,1-2H3;1-2H3;/q2*-1;;;;+2/p-2. The number of hydrogen-bond acceptors (Lipinski definition) is 2. The van der Waals surface area contributed by atoms with Gasteiger partial charge in [0.05, 0.1) is 0 Å². The predicted octanol–water partition coefficient (Wildman–Crippen LogP) is 10.5. The maximum Gasteiger partial charge on any atom is -0.0404 e. The molecule has 2 nitrogen and oxygen atoms in total. The Morgan fingerprint density at radius 3 is 0.957 bits per heavy atom. The van der Waals surface area contributed by atoms with Gasteiger partial charge in [-0.3, -0.25) is 0 Å². The molecule has 0 saturated heterocycles. The predicted molar refractivity (Wildman–Crippen MR) is 196 cm³/mol. The van der Waals surface area contributed by atoms with Crippen molar-refractivity contribution < 1.29 is 33.5 Å². The monoisotopic (exact) mass is 704 g/mol. The third-order valence-corrected chi connectivity index (χ3v) is 7.75. The quantitative estimate of drug-likeness (QED) is 0.117. The Labute approximate surface area is 293 Å². The van der Waals surface area contributed by atoms with E-state index in [1.54, 1.807) is 23.3 Å². The molecule has 0 radical (unpaired) electrons. The molecule has 0 bridgehead atoms. The molecule has 0 amide bonds. The topological polar surface area (TPSA) is 46.1 Å². The van der Waals surface area contributed by atoms with Crippen LogP contribution in [0.5, 0.6) is 11.5 Å². The van der Waals surface area contributed by atoms with Crippen LogP contribution in [0.1, 0.15) is 55.6 Å². The summed E-state index contributed by atoms with van der Waals surface area (Å²) in [6, 6.07) is 28.9. The normalized spacial score (nSPS) is 10.0. The molecule has 0 N–H and O–H groups in total. The van der Waals surface area contributed by atoms with Crippen LogP contribution in [-0.4, -0.2) is 5.43 Å². The van der Waals surface area contributed by atoms with E-state index in [0.29, 0.717) is 0 Å². The molecule has 0 fully saturated rings. The molecule has 6 aromatic carbocycles. The number of aryl methyl sites for hydroxylation is 10. The molecule has 0 saturated carbocycles. The third kappa shape index (κ3) is 11.6. The van der Waals surface area contributed by atoms with E-state index < -0.39 is 0 Å². The summed E-state index contributed by atoms with van der Waals surface area (Å²) in [4.78, 5) is 0. The van der Waals surface area contributed by atoms with Gasteiger partial charge in [0.25, 0.3) is 0 Å². The van der Waals surface area contributed by atoms with E-state index in [1.165, 1.54) is 54.9 Å². The number of hydrogen-bond donors (Lipinski definition) is 0. The van der Waals surface area contributed by atoms with E-state index in [-0.39, 0.29) is 16.9 Å². The zero-order chi connectivity index (χ0) is 34.7. The molecule has 6 aromatic rings. The van der Waals surface area contributed by atoms with Crippen molar-refractivity contribution in [1.82, 2.24) is 0 Å². The molecular formula is C42H50O2SiZr-2. The third-order valence-electron chi connectivity index (χ3n) is 7.75. The second-order valence-electron chi connectivity index (χ2n) is 12.6. The summed E-state index contributed by atoms with van der Waals surface area (Å²) >= 11 is 1.74. The van der Waals surface area contributed by atoms with Gasteiger partial charge in [0.1, 0.15) is 0 Å². The summed E-state index contributed by atoms with van der Waals surface area (Å²) in [5.41, 5.74) is 11.8. The Balaban J connectivity index is 0.000000207. The minimum absolute atomic E-state index is 0.164. The van der Waals surface area contributed by atoms with E-state index in [0.717, 1.165) is 22.3 Å². The molecule has 6 rings (SSSR count). The number of para-hydroxylation sites is 2. The van der Waals surface area contributed by atoms with Gasteiger partial charge in [0.2, 0.25) is 0 Å². The Bertz CT molecular complexity index is 1650. The fraction of sp³-hybridized carbons (Fsp3) is 0.286.